The van der Waals surface area contributed by atoms with Crippen molar-refractivity contribution in [3.63, 3.8) is 0 Å². The SMILES string of the molecule is Cc1cccc(CCNC(=O)c2nc(C)n(-c3ccccc3Cl)n2)c1. The zero-order valence-corrected chi connectivity index (χ0v) is 14.9. The summed E-state index contributed by atoms with van der Waals surface area (Å²) in [5, 5.41) is 7.71. The molecule has 0 aliphatic heterocycles. The van der Waals surface area contributed by atoms with Crippen LogP contribution in [0.2, 0.25) is 5.02 Å². The Bertz CT molecular complexity index is 904. The maximum atomic E-state index is 12.3. The highest BCUT2D eigenvalue weighted by Gasteiger charge is 2.16. The lowest BCUT2D eigenvalue weighted by Gasteiger charge is -2.05. The van der Waals surface area contributed by atoms with Gasteiger partial charge in [-0.05, 0) is 38.0 Å². The van der Waals surface area contributed by atoms with Gasteiger partial charge in [0.25, 0.3) is 5.91 Å². The molecule has 128 valence electrons. The van der Waals surface area contributed by atoms with Crippen molar-refractivity contribution in [2.75, 3.05) is 6.54 Å². The van der Waals surface area contributed by atoms with E-state index in [0.29, 0.717) is 23.1 Å². The van der Waals surface area contributed by atoms with Crippen LogP contribution in [0, 0.1) is 13.8 Å². The number of aromatic nitrogens is 3. The molecule has 1 aromatic heterocycles. The molecule has 0 aliphatic carbocycles. The van der Waals surface area contributed by atoms with Crippen LogP contribution >= 0.6 is 11.6 Å². The highest BCUT2D eigenvalue weighted by molar-refractivity contribution is 6.32. The Balaban J connectivity index is 1.67. The molecule has 3 aromatic rings. The highest BCUT2D eigenvalue weighted by atomic mass is 35.5. The molecule has 0 spiro atoms. The van der Waals surface area contributed by atoms with E-state index < -0.39 is 0 Å². The van der Waals surface area contributed by atoms with Crippen LogP contribution in [-0.2, 0) is 6.42 Å². The third-order valence-corrected chi connectivity index (χ3v) is 4.15. The van der Waals surface area contributed by atoms with Gasteiger partial charge in [-0.25, -0.2) is 9.67 Å². The maximum Gasteiger partial charge on any atom is 0.290 e. The van der Waals surface area contributed by atoms with Crippen LogP contribution in [0.4, 0.5) is 0 Å². The Kier molecular flexibility index (Phi) is 5.14. The number of carbonyl (C=O) groups is 1. The number of aryl methyl sites for hydroxylation is 2. The van der Waals surface area contributed by atoms with Crippen LogP contribution in [-0.4, -0.2) is 27.2 Å². The number of benzene rings is 2. The monoisotopic (exact) mass is 354 g/mol. The van der Waals surface area contributed by atoms with Crippen LogP contribution in [0.15, 0.2) is 48.5 Å². The third-order valence-electron chi connectivity index (χ3n) is 3.83. The van der Waals surface area contributed by atoms with Gasteiger partial charge in [0.1, 0.15) is 5.82 Å². The number of hydrogen-bond donors (Lipinski definition) is 1. The van der Waals surface area contributed by atoms with Crippen LogP contribution in [0.3, 0.4) is 0 Å². The van der Waals surface area contributed by atoms with Gasteiger partial charge in [-0.3, -0.25) is 4.79 Å². The lowest BCUT2D eigenvalue weighted by molar-refractivity contribution is 0.0944. The second-order valence-corrected chi connectivity index (χ2v) is 6.25. The van der Waals surface area contributed by atoms with Crippen LogP contribution in [0.5, 0.6) is 0 Å². The van der Waals surface area contributed by atoms with E-state index in [9.17, 15) is 4.79 Å². The predicted octanol–water partition coefficient (Wildman–Crippen LogP) is 3.51. The van der Waals surface area contributed by atoms with Crippen molar-refractivity contribution in [2.45, 2.75) is 20.3 Å². The smallest absolute Gasteiger partial charge is 0.290 e. The van der Waals surface area contributed by atoms with E-state index in [-0.39, 0.29) is 11.7 Å². The average Bonchev–Trinajstić information content (AvgIpc) is 2.97. The Hall–Kier alpha value is -2.66. The summed E-state index contributed by atoms with van der Waals surface area (Å²) in [7, 11) is 0. The van der Waals surface area contributed by atoms with Crippen molar-refractivity contribution in [1.82, 2.24) is 20.1 Å². The molecule has 0 fully saturated rings. The molecule has 1 amide bonds. The number of amides is 1. The molecule has 0 radical (unpaired) electrons. The van der Waals surface area contributed by atoms with Crippen molar-refractivity contribution >= 4 is 17.5 Å². The minimum Gasteiger partial charge on any atom is -0.349 e. The van der Waals surface area contributed by atoms with E-state index in [1.54, 1.807) is 17.7 Å². The quantitative estimate of drug-likeness (QED) is 0.762. The molecule has 0 saturated heterocycles. The fourth-order valence-electron chi connectivity index (χ4n) is 2.61. The standard InChI is InChI=1S/C19H19ClN4O/c1-13-6-5-7-15(12-13)10-11-21-19(25)18-22-14(2)24(23-18)17-9-4-3-8-16(17)20/h3-9,12H,10-11H2,1-2H3,(H,21,25). The number of halogens is 1. The van der Waals surface area contributed by atoms with E-state index in [1.807, 2.05) is 30.3 Å². The summed E-state index contributed by atoms with van der Waals surface area (Å²) in [6.07, 6.45) is 0.762. The minimum atomic E-state index is -0.290. The lowest BCUT2D eigenvalue weighted by Crippen LogP contribution is -2.27. The van der Waals surface area contributed by atoms with Crippen molar-refractivity contribution in [2.24, 2.45) is 0 Å². The number of para-hydroxylation sites is 1. The molecule has 6 heteroatoms. The van der Waals surface area contributed by atoms with Crippen LogP contribution < -0.4 is 5.32 Å². The summed E-state index contributed by atoms with van der Waals surface area (Å²) in [4.78, 5) is 16.6. The summed E-state index contributed by atoms with van der Waals surface area (Å²) in [6, 6.07) is 15.6. The van der Waals surface area contributed by atoms with Crippen molar-refractivity contribution < 1.29 is 4.79 Å². The maximum absolute atomic E-state index is 12.3. The van der Waals surface area contributed by atoms with Gasteiger partial charge >= 0.3 is 0 Å². The van der Waals surface area contributed by atoms with E-state index >= 15 is 0 Å². The molecule has 0 unspecified atom stereocenters. The lowest BCUT2D eigenvalue weighted by atomic mass is 10.1. The molecule has 25 heavy (non-hydrogen) atoms. The van der Waals surface area contributed by atoms with Crippen molar-refractivity contribution in [3.8, 4) is 5.69 Å². The number of hydrogen-bond acceptors (Lipinski definition) is 3. The number of nitrogens with zero attached hydrogens (tertiary/aromatic N) is 3. The topological polar surface area (TPSA) is 59.8 Å². The first kappa shape index (κ1) is 17.2. The van der Waals surface area contributed by atoms with Gasteiger partial charge in [-0.2, -0.15) is 0 Å². The fraction of sp³-hybridized carbons (Fsp3) is 0.211. The second-order valence-electron chi connectivity index (χ2n) is 5.84. The number of rotatable bonds is 5. The van der Waals surface area contributed by atoms with Gasteiger partial charge in [0.05, 0.1) is 10.7 Å². The Labute approximate surface area is 151 Å². The van der Waals surface area contributed by atoms with E-state index in [4.69, 9.17) is 11.6 Å². The molecule has 5 nitrogen and oxygen atoms in total. The second kappa shape index (κ2) is 7.49. The van der Waals surface area contributed by atoms with E-state index in [1.165, 1.54) is 11.1 Å². The Morgan fingerprint density at radius 1 is 1.16 bits per heavy atom. The molecule has 0 atom stereocenters. The zero-order chi connectivity index (χ0) is 17.8. The summed E-state index contributed by atoms with van der Waals surface area (Å²) < 4.78 is 1.58. The Morgan fingerprint density at radius 2 is 1.96 bits per heavy atom. The number of nitrogens with one attached hydrogen (secondary N) is 1. The van der Waals surface area contributed by atoms with Gasteiger partial charge in [0, 0.05) is 6.54 Å². The highest BCUT2D eigenvalue weighted by Crippen LogP contribution is 2.20. The number of carbonyl (C=O) groups excluding carboxylic acids is 1. The fourth-order valence-corrected chi connectivity index (χ4v) is 2.82. The summed E-state index contributed by atoms with van der Waals surface area (Å²) >= 11 is 6.19. The molecule has 2 aromatic carbocycles. The first-order valence-corrected chi connectivity index (χ1v) is 8.44. The molecule has 1 N–H and O–H groups in total. The third kappa shape index (κ3) is 4.06. The van der Waals surface area contributed by atoms with Gasteiger partial charge < -0.3 is 5.32 Å². The minimum absolute atomic E-state index is 0.140. The summed E-state index contributed by atoms with van der Waals surface area (Å²) in [6.45, 7) is 4.37. The molecular formula is C19H19ClN4O. The molecule has 0 bridgehead atoms. The van der Waals surface area contributed by atoms with Crippen molar-refractivity contribution in [1.29, 1.82) is 0 Å². The molecule has 0 saturated carbocycles. The zero-order valence-electron chi connectivity index (χ0n) is 14.2. The van der Waals surface area contributed by atoms with Gasteiger partial charge in [0.15, 0.2) is 0 Å². The van der Waals surface area contributed by atoms with Crippen LogP contribution in [0.1, 0.15) is 27.6 Å². The van der Waals surface area contributed by atoms with Crippen LogP contribution in [0.25, 0.3) is 5.69 Å². The van der Waals surface area contributed by atoms with Gasteiger partial charge in [0.2, 0.25) is 5.82 Å². The van der Waals surface area contributed by atoms with E-state index in [0.717, 1.165) is 6.42 Å². The molecular weight excluding hydrogens is 336 g/mol. The molecule has 3 rings (SSSR count). The molecule has 1 heterocycles. The summed E-state index contributed by atoms with van der Waals surface area (Å²) in [5.41, 5.74) is 3.10. The van der Waals surface area contributed by atoms with Crippen molar-refractivity contribution in [3.05, 3.63) is 76.3 Å². The average molecular weight is 355 g/mol. The summed E-state index contributed by atoms with van der Waals surface area (Å²) in [5.74, 6) is 0.458. The largest absolute Gasteiger partial charge is 0.349 e. The first-order chi connectivity index (χ1) is 12.0. The predicted molar refractivity (Wildman–Crippen MR) is 98.3 cm³/mol. The Morgan fingerprint density at radius 3 is 2.72 bits per heavy atom. The normalized spacial score (nSPS) is 10.7. The van der Waals surface area contributed by atoms with E-state index in [2.05, 4.69) is 34.5 Å². The van der Waals surface area contributed by atoms with Gasteiger partial charge in [-0.1, -0.05) is 53.6 Å². The molecule has 0 aliphatic rings. The first-order valence-electron chi connectivity index (χ1n) is 8.07. The van der Waals surface area contributed by atoms with Gasteiger partial charge in [-0.15, -0.1) is 5.10 Å².